The normalized spacial score (nSPS) is 17.6. The number of rotatable bonds is 5. The predicted octanol–water partition coefficient (Wildman–Crippen LogP) is 3.71. The Hall–Kier alpha value is 0.327. The van der Waals surface area contributed by atoms with Crippen LogP contribution in [0.3, 0.4) is 0 Å². The standard InChI is InChI=1S/C10H26NO3PSi/c1-9-13-15(12,11(5)6)14-16(7,8)10(2,3)4/h9H2,1-8H3. The lowest BCUT2D eigenvalue weighted by Crippen LogP contribution is -2.41. The van der Waals surface area contributed by atoms with Gasteiger partial charge in [0.15, 0.2) is 0 Å². The summed E-state index contributed by atoms with van der Waals surface area (Å²) < 4.78 is 25.2. The molecule has 0 saturated heterocycles. The molecule has 4 nitrogen and oxygen atoms in total. The zero-order valence-corrected chi connectivity index (χ0v) is 13.7. The first-order chi connectivity index (χ1) is 6.96. The van der Waals surface area contributed by atoms with E-state index in [4.69, 9.17) is 8.74 Å². The zero-order chi connectivity index (χ0) is 13.2. The van der Waals surface area contributed by atoms with Crippen LogP contribution in [0.5, 0.6) is 0 Å². The minimum Gasteiger partial charge on any atom is -0.339 e. The Kier molecular flexibility index (Phi) is 5.42. The fourth-order valence-electron chi connectivity index (χ4n) is 0.812. The van der Waals surface area contributed by atoms with Crippen molar-refractivity contribution < 1.29 is 13.3 Å². The molecule has 6 heteroatoms. The molecule has 0 rings (SSSR count). The van der Waals surface area contributed by atoms with E-state index in [1.807, 2.05) is 6.92 Å². The van der Waals surface area contributed by atoms with Crippen LogP contribution in [0.4, 0.5) is 0 Å². The van der Waals surface area contributed by atoms with Gasteiger partial charge in [0.25, 0.3) is 0 Å². The number of hydrogen-bond donors (Lipinski definition) is 0. The van der Waals surface area contributed by atoms with Gasteiger partial charge in [0.05, 0.1) is 6.61 Å². The van der Waals surface area contributed by atoms with Crippen molar-refractivity contribution in [2.24, 2.45) is 0 Å². The second-order valence-electron chi connectivity index (χ2n) is 5.59. The Bertz CT molecular complexity index is 274. The van der Waals surface area contributed by atoms with Crippen molar-refractivity contribution in [2.45, 2.75) is 45.8 Å². The summed E-state index contributed by atoms with van der Waals surface area (Å²) in [7, 11) is -1.73. The molecule has 0 amide bonds. The fourth-order valence-corrected chi connectivity index (χ4v) is 5.64. The summed E-state index contributed by atoms with van der Waals surface area (Å²) in [6, 6.07) is 0. The van der Waals surface area contributed by atoms with E-state index >= 15 is 0 Å². The molecule has 0 aliphatic carbocycles. The van der Waals surface area contributed by atoms with Gasteiger partial charge in [0.2, 0.25) is 8.32 Å². The lowest BCUT2D eigenvalue weighted by atomic mass is 10.2. The van der Waals surface area contributed by atoms with Crippen molar-refractivity contribution in [3.05, 3.63) is 0 Å². The van der Waals surface area contributed by atoms with Crippen LogP contribution in [-0.4, -0.2) is 33.7 Å². The summed E-state index contributed by atoms with van der Waals surface area (Å²) in [6.45, 7) is 12.7. The average Bonchev–Trinajstić information content (AvgIpc) is 2.00. The monoisotopic (exact) mass is 267 g/mol. The second kappa shape index (κ2) is 5.32. The van der Waals surface area contributed by atoms with E-state index < -0.39 is 16.1 Å². The van der Waals surface area contributed by atoms with Crippen LogP contribution in [0.2, 0.25) is 18.1 Å². The first kappa shape index (κ1) is 16.3. The third-order valence-corrected chi connectivity index (χ3v) is 10.9. The summed E-state index contributed by atoms with van der Waals surface area (Å²) in [6.07, 6.45) is 0. The SMILES string of the molecule is CCOP(=O)(O[Si](C)(C)C(C)(C)C)N(C)C. The van der Waals surface area contributed by atoms with Crippen molar-refractivity contribution in [2.75, 3.05) is 20.7 Å². The second-order valence-corrected chi connectivity index (χ2v) is 12.8. The lowest BCUT2D eigenvalue weighted by molar-refractivity contribution is 0.233. The van der Waals surface area contributed by atoms with Gasteiger partial charge in [-0.05, 0) is 39.2 Å². The molecule has 0 aliphatic heterocycles. The predicted molar refractivity (Wildman–Crippen MR) is 71.2 cm³/mol. The molecular formula is C10H26NO3PSi. The van der Waals surface area contributed by atoms with Crippen LogP contribution < -0.4 is 0 Å². The molecule has 0 aromatic rings. The van der Waals surface area contributed by atoms with E-state index in [0.717, 1.165) is 0 Å². The van der Waals surface area contributed by atoms with E-state index in [0.29, 0.717) is 6.61 Å². The minimum atomic E-state index is -3.11. The topological polar surface area (TPSA) is 38.8 Å². The molecule has 98 valence electrons. The quantitative estimate of drug-likeness (QED) is 0.562. The Morgan fingerprint density at radius 2 is 1.69 bits per heavy atom. The van der Waals surface area contributed by atoms with E-state index in [-0.39, 0.29) is 5.04 Å². The highest BCUT2D eigenvalue weighted by Crippen LogP contribution is 2.55. The molecule has 0 aliphatic rings. The first-order valence-electron chi connectivity index (χ1n) is 5.59. The molecule has 0 heterocycles. The van der Waals surface area contributed by atoms with Crippen molar-refractivity contribution in [1.29, 1.82) is 0 Å². The molecule has 0 spiro atoms. The maximum atomic E-state index is 12.5. The van der Waals surface area contributed by atoms with Gasteiger partial charge in [-0.2, -0.15) is 0 Å². The van der Waals surface area contributed by atoms with Crippen molar-refractivity contribution >= 4 is 16.1 Å². The molecule has 0 saturated carbocycles. The summed E-state index contributed by atoms with van der Waals surface area (Å²) in [5, 5.41) is 0.0236. The Morgan fingerprint density at radius 3 is 1.94 bits per heavy atom. The third kappa shape index (κ3) is 3.97. The van der Waals surface area contributed by atoms with Gasteiger partial charge in [-0.3, -0.25) is 4.52 Å². The maximum absolute atomic E-state index is 12.5. The van der Waals surface area contributed by atoms with Gasteiger partial charge in [0, 0.05) is 0 Å². The van der Waals surface area contributed by atoms with Crippen LogP contribution >= 0.6 is 7.75 Å². The fraction of sp³-hybridized carbons (Fsp3) is 1.00. The summed E-state index contributed by atoms with van der Waals surface area (Å²) in [4.78, 5) is 0. The molecule has 0 aromatic carbocycles. The zero-order valence-electron chi connectivity index (χ0n) is 11.8. The van der Waals surface area contributed by atoms with Gasteiger partial charge in [0.1, 0.15) is 0 Å². The minimum absolute atomic E-state index is 0.0236. The number of nitrogens with zero attached hydrogens (tertiary/aromatic N) is 1. The molecule has 16 heavy (non-hydrogen) atoms. The Balaban J connectivity index is 4.98. The van der Waals surface area contributed by atoms with Crippen LogP contribution in [0.1, 0.15) is 27.7 Å². The third-order valence-electron chi connectivity index (χ3n) is 2.93. The van der Waals surface area contributed by atoms with Gasteiger partial charge in [-0.1, -0.05) is 20.8 Å². The summed E-state index contributed by atoms with van der Waals surface area (Å²) >= 11 is 0. The molecular weight excluding hydrogens is 241 g/mol. The molecule has 0 aromatic heterocycles. The van der Waals surface area contributed by atoms with Crippen LogP contribution in [0.25, 0.3) is 0 Å². The van der Waals surface area contributed by atoms with Crippen LogP contribution in [0, 0.1) is 0 Å². The van der Waals surface area contributed by atoms with E-state index in [9.17, 15) is 4.57 Å². The number of hydrogen-bond acceptors (Lipinski definition) is 3. The summed E-state index contributed by atoms with van der Waals surface area (Å²) in [5.74, 6) is 0. The van der Waals surface area contributed by atoms with Gasteiger partial charge in [-0.15, -0.1) is 0 Å². The van der Waals surface area contributed by atoms with Crippen molar-refractivity contribution in [1.82, 2.24) is 4.67 Å². The Morgan fingerprint density at radius 1 is 1.25 bits per heavy atom. The van der Waals surface area contributed by atoms with Crippen LogP contribution in [0.15, 0.2) is 0 Å². The molecule has 0 radical (unpaired) electrons. The Labute approximate surface area is 101 Å². The highest BCUT2D eigenvalue weighted by Gasteiger charge is 2.44. The smallest absolute Gasteiger partial charge is 0.339 e. The average molecular weight is 267 g/mol. The lowest BCUT2D eigenvalue weighted by Gasteiger charge is -2.39. The van der Waals surface area contributed by atoms with E-state index in [1.165, 1.54) is 0 Å². The van der Waals surface area contributed by atoms with Gasteiger partial charge in [-0.25, -0.2) is 9.24 Å². The first-order valence-corrected chi connectivity index (χ1v) is 10.00. The molecule has 1 unspecified atom stereocenters. The molecule has 0 bridgehead atoms. The molecule has 0 fully saturated rings. The van der Waals surface area contributed by atoms with Crippen molar-refractivity contribution in [3.63, 3.8) is 0 Å². The van der Waals surface area contributed by atoms with Gasteiger partial charge < -0.3 is 4.21 Å². The van der Waals surface area contributed by atoms with E-state index in [2.05, 4.69) is 33.9 Å². The highest BCUT2D eigenvalue weighted by molar-refractivity contribution is 7.53. The highest BCUT2D eigenvalue weighted by atomic mass is 31.2. The van der Waals surface area contributed by atoms with Gasteiger partial charge >= 0.3 is 7.75 Å². The molecule has 0 N–H and O–H groups in total. The van der Waals surface area contributed by atoms with E-state index in [1.54, 1.807) is 18.8 Å². The maximum Gasteiger partial charge on any atom is 0.397 e. The van der Waals surface area contributed by atoms with Crippen molar-refractivity contribution in [3.8, 4) is 0 Å². The summed E-state index contributed by atoms with van der Waals surface area (Å²) in [5.41, 5.74) is 0. The molecule has 1 atom stereocenters. The largest absolute Gasteiger partial charge is 0.397 e. The van der Waals surface area contributed by atoms with Crippen LogP contribution in [-0.2, 0) is 13.3 Å².